The molecule has 5 heteroatoms. The second-order valence-corrected chi connectivity index (χ2v) is 4.22. The molecular weight excluding hydrogens is 251 g/mol. The molecule has 0 aliphatic heterocycles. The lowest BCUT2D eigenvalue weighted by Gasteiger charge is -2.13. The average molecular weight is 270 g/mol. The van der Waals surface area contributed by atoms with Crippen molar-refractivity contribution in [2.45, 2.75) is 32.8 Å². The van der Waals surface area contributed by atoms with E-state index >= 15 is 0 Å². The SMILES string of the molecule is CCCCOC(=O)COc1cc(F)ccc1[C@H](C)O. The minimum Gasteiger partial charge on any atom is -0.481 e. The molecule has 1 aromatic rings. The van der Waals surface area contributed by atoms with Crippen LogP contribution in [0, 0.1) is 5.82 Å². The highest BCUT2D eigenvalue weighted by Crippen LogP contribution is 2.25. The van der Waals surface area contributed by atoms with E-state index < -0.39 is 17.9 Å². The number of aliphatic hydroxyl groups excluding tert-OH is 1. The van der Waals surface area contributed by atoms with Crippen molar-refractivity contribution < 1.29 is 23.8 Å². The summed E-state index contributed by atoms with van der Waals surface area (Å²) >= 11 is 0. The maximum absolute atomic E-state index is 13.1. The molecule has 0 radical (unpaired) electrons. The van der Waals surface area contributed by atoms with Crippen molar-refractivity contribution in [1.29, 1.82) is 0 Å². The number of halogens is 1. The molecule has 0 aromatic heterocycles. The summed E-state index contributed by atoms with van der Waals surface area (Å²) in [7, 11) is 0. The zero-order valence-corrected chi connectivity index (χ0v) is 11.2. The molecule has 0 aliphatic carbocycles. The highest BCUT2D eigenvalue weighted by Gasteiger charge is 2.12. The largest absolute Gasteiger partial charge is 0.481 e. The fourth-order valence-corrected chi connectivity index (χ4v) is 1.49. The maximum atomic E-state index is 13.1. The molecule has 1 aromatic carbocycles. The second-order valence-electron chi connectivity index (χ2n) is 4.22. The number of benzene rings is 1. The fraction of sp³-hybridized carbons (Fsp3) is 0.500. The lowest BCUT2D eigenvalue weighted by molar-refractivity contribution is -0.146. The summed E-state index contributed by atoms with van der Waals surface area (Å²) in [5.74, 6) is -0.838. The van der Waals surface area contributed by atoms with Crippen LogP contribution < -0.4 is 4.74 Å². The van der Waals surface area contributed by atoms with Crippen molar-refractivity contribution in [3.05, 3.63) is 29.6 Å². The molecule has 0 heterocycles. The third-order valence-electron chi connectivity index (χ3n) is 2.53. The van der Waals surface area contributed by atoms with Crippen molar-refractivity contribution in [3.63, 3.8) is 0 Å². The van der Waals surface area contributed by atoms with Gasteiger partial charge in [-0.15, -0.1) is 0 Å². The van der Waals surface area contributed by atoms with E-state index in [2.05, 4.69) is 0 Å². The number of unbranched alkanes of at least 4 members (excludes halogenated alkanes) is 1. The van der Waals surface area contributed by atoms with Crippen LogP contribution in [0.2, 0.25) is 0 Å². The van der Waals surface area contributed by atoms with E-state index in [1.807, 2.05) is 6.92 Å². The number of aliphatic hydroxyl groups is 1. The van der Waals surface area contributed by atoms with Gasteiger partial charge in [0.25, 0.3) is 0 Å². The molecule has 0 spiro atoms. The van der Waals surface area contributed by atoms with E-state index in [0.717, 1.165) is 18.9 Å². The van der Waals surface area contributed by atoms with Crippen molar-refractivity contribution in [3.8, 4) is 5.75 Å². The summed E-state index contributed by atoms with van der Waals surface area (Å²) in [6.45, 7) is 3.59. The van der Waals surface area contributed by atoms with Gasteiger partial charge < -0.3 is 14.6 Å². The molecule has 0 aliphatic rings. The van der Waals surface area contributed by atoms with Gasteiger partial charge in [-0.25, -0.2) is 9.18 Å². The number of hydrogen-bond donors (Lipinski definition) is 1. The van der Waals surface area contributed by atoms with Crippen LogP contribution in [0.3, 0.4) is 0 Å². The van der Waals surface area contributed by atoms with E-state index in [1.165, 1.54) is 12.1 Å². The summed E-state index contributed by atoms with van der Waals surface area (Å²) in [5.41, 5.74) is 0.433. The summed E-state index contributed by atoms with van der Waals surface area (Å²) in [4.78, 5) is 11.4. The van der Waals surface area contributed by atoms with Gasteiger partial charge >= 0.3 is 5.97 Å². The fourth-order valence-electron chi connectivity index (χ4n) is 1.49. The average Bonchev–Trinajstić information content (AvgIpc) is 2.36. The molecule has 0 unspecified atom stereocenters. The van der Waals surface area contributed by atoms with Crippen LogP contribution in [-0.4, -0.2) is 24.3 Å². The van der Waals surface area contributed by atoms with Crippen LogP contribution in [0.25, 0.3) is 0 Å². The van der Waals surface area contributed by atoms with Gasteiger partial charge in [-0.3, -0.25) is 0 Å². The molecule has 19 heavy (non-hydrogen) atoms. The Labute approximate surface area is 112 Å². The molecule has 0 bridgehead atoms. The topological polar surface area (TPSA) is 55.8 Å². The van der Waals surface area contributed by atoms with Crippen LogP contribution in [0.15, 0.2) is 18.2 Å². The van der Waals surface area contributed by atoms with Crippen molar-refractivity contribution in [2.24, 2.45) is 0 Å². The van der Waals surface area contributed by atoms with Gasteiger partial charge in [0.05, 0.1) is 12.7 Å². The number of hydrogen-bond acceptors (Lipinski definition) is 4. The second kappa shape index (κ2) is 7.74. The van der Waals surface area contributed by atoms with Gasteiger partial charge in [-0.2, -0.15) is 0 Å². The number of carbonyl (C=O) groups is 1. The number of carbonyl (C=O) groups excluding carboxylic acids is 1. The first-order valence-corrected chi connectivity index (χ1v) is 6.30. The van der Waals surface area contributed by atoms with E-state index in [-0.39, 0.29) is 12.4 Å². The van der Waals surface area contributed by atoms with Gasteiger partial charge in [0, 0.05) is 11.6 Å². The summed E-state index contributed by atoms with van der Waals surface area (Å²) in [6, 6.07) is 3.80. The normalized spacial score (nSPS) is 12.0. The predicted molar refractivity (Wildman–Crippen MR) is 68.4 cm³/mol. The first kappa shape index (κ1) is 15.4. The van der Waals surface area contributed by atoms with Crippen LogP contribution in [0.4, 0.5) is 4.39 Å². The van der Waals surface area contributed by atoms with E-state index in [1.54, 1.807) is 6.92 Å². The molecule has 0 fully saturated rings. The monoisotopic (exact) mass is 270 g/mol. The quantitative estimate of drug-likeness (QED) is 0.611. The van der Waals surface area contributed by atoms with Gasteiger partial charge in [0.15, 0.2) is 6.61 Å². The lowest BCUT2D eigenvalue weighted by Crippen LogP contribution is -2.16. The first-order valence-electron chi connectivity index (χ1n) is 6.30. The minimum atomic E-state index is -0.799. The summed E-state index contributed by atoms with van der Waals surface area (Å²) in [6.07, 6.45) is 0.932. The first-order chi connectivity index (χ1) is 9.04. The Balaban J connectivity index is 2.56. The summed E-state index contributed by atoms with van der Waals surface area (Å²) in [5, 5.41) is 9.52. The molecule has 0 amide bonds. The number of esters is 1. The Kier molecular flexibility index (Phi) is 6.29. The smallest absolute Gasteiger partial charge is 0.344 e. The number of ether oxygens (including phenoxy) is 2. The van der Waals surface area contributed by atoms with Crippen LogP contribution in [-0.2, 0) is 9.53 Å². The van der Waals surface area contributed by atoms with Gasteiger partial charge in [0.2, 0.25) is 0 Å². The molecular formula is C14H19FO4. The Morgan fingerprint density at radius 2 is 2.21 bits per heavy atom. The highest BCUT2D eigenvalue weighted by atomic mass is 19.1. The maximum Gasteiger partial charge on any atom is 0.344 e. The third kappa shape index (κ3) is 5.26. The zero-order chi connectivity index (χ0) is 14.3. The van der Waals surface area contributed by atoms with Gasteiger partial charge in [-0.1, -0.05) is 13.3 Å². The molecule has 1 rings (SSSR count). The lowest BCUT2D eigenvalue weighted by atomic mass is 10.1. The standard InChI is InChI=1S/C14H19FO4/c1-3-4-7-18-14(17)9-19-13-8-11(15)5-6-12(13)10(2)16/h5-6,8,10,16H,3-4,7,9H2,1-2H3/t10-/m0/s1. The Hall–Kier alpha value is -1.62. The zero-order valence-electron chi connectivity index (χ0n) is 11.2. The van der Waals surface area contributed by atoms with E-state index in [4.69, 9.17) is 9.47 Å². The Morgan fingerprint density at radius 3 is 2.84 bits per heavy atom. The van der Waals surface area contributed by atoms with Gasteiger partial charge in [0.1, 0.15) is 11.6 Å². The van der Waals surface area contributed by atoms with Crippen molar-refractivity contribution >= 4 is 5.97 Å². The predicted octanol–water partition coefficient (Wildman–Crippen LogP) is 2.60. The molecule has 1 N–H and O–H groups in total. The highest BCUT2D eigenvalue weighted by molar-refractivity contribution is 5.71. The van der Waals surface area contributed by atoms with Crippen LogP contribution in [0.1, 0.15) is 38.4 Å². The number of rotatable bonds is 7. The molecule has 4 nitrogen and oxygen atoms in total. The molecule has 1 atom stereocenters. The molecule has 0 saturated carbocycles. The Morgan fingerprint density at radius 1 is 1.47 bits per heavy atom. The van der Waals surface area contributed by atoms with Crippen molar-refractivity contribution in [2.75, 3.05) is 13.2 Å². The van der Waals surface area contributed by atoms with Crippen LogP contribution >= 0.6 is 0 Å². The van der Waals surface area contributed by atoms with Crippen molar-refractivity contribution in [1.82, 2.24) is 0 Å². The Bertz CT molecular complexity index is 418. The van der Waals surface area contributed by atoms with E-state index in [9.17, 15) is 14.3 Å². The third-order valence-corrected chi connectivity index (χ3v) is 2.53. The summed E-state index contributed by atoms with van der Waals surface area (Å²) < 4.78 is 23.2. The van der Waals surface area contributed by atoms with Gasteiger partial charge in [-0.05, 0) is 25.5 Å². The van der Waals surface area contributed by atoms with E-state index in [0.29, 0.717) is 12.2 Å². The minimum absolute atomic E-state index is 0.155. The molecule has 0 saturated heterocycles. The van der Waals surface area contributed by atoms with Crippen LogP contribution in [0.5, 0.6) is 5.75 Å². The molecule has 106 valence electrons.